The average molecular weight is 173 g/mol. The number of nitrogens with one attached hydrogen (secondary N) is 1. The summed E-state index contributed by atoms with van der Waals surface area (Å²) in [6.45, 7) is 2.11. The molecular weight excluding hydrogens is 158 g/mol. The van der Waals surface area contributed by atoms with E-state index in [0.29, 0.717) is 11.2 Å². The van der Waals surface area contributed by atoms with Crippen molar-refractivity contribution in [2.45, 2.75) is 24.2 Å². The van der Waals surface area contributed by atoms with Crippen molar-refractivity contribution in [1.82, 2.24) is 5.32 Å². The van der Waals surface area contributed by atoms with E-state index >= 15 is 0 Å². The molecule has 2 rings (SSSR count). The summed E-state index contributed by atoms with van der Waals surface area (Å²) in [4.78, 5) is 0. The second kappa shape index (κ2) is 3.33. The van der Waals surface area contributed by atoms with Crippen molar-refractivity contribution in [2.24, 2.45) is 5.92 Å². The second-order valence-electron chi connectivity index (χ2n) is 3.44. The van der Waals surface area contributed by atoms with Crippen LogP contribution < -0.4 is 5.32 Å². The SMILES string of the molecule is OC(C1CC1)C1CNCCS1. The predicted molar refractivity (Wildman–Crippen MR) is 47.8 cm³/mol. The molecule has 1 aliphatic carbocycles. The Hall–Kier alpha value is 0.270. The topological polar surface area (TPSA) is 32.3 Å². The van der Waals surface area contributed by atoms with E-state index in [4.69, 9.17) is 0 Å². The fourth-order valence-electron chi connectivity index (χ4n) is 1.55. The number of aliphatic hydroxyl groups is 1. The lowest BCUT2D eigenvalue weighted by Crippen LogP contribution is -2.40. The standard InChI is InChI=1S/C8H15NOS/c10-8(6-1-2-6)7-5-9-3-4-11-7/h6-10H,1-5H2. The number of aliphatic hydroxyl groups excluding tert-OH is 1. The highest BCUT2D eigenvalue weighted by atomic mass is 32.2. The van der Waals surface area contributed by atoms with Crippen LogP contribution in [0.15, 0.2) is 0 Å². The molecule has 1 heterocycles. The minimum atomic E-state index is -0.0344. The molecule has 0 aromatic rings. The zero-order chi connectivity index (χ0) is 7.68. The lowest BCUT2D eigenvalue weighted by molar-refractivity contribution is 0.146. The van der Waals surface area contributed by atoms with Crippen molar-refractivity contribution in [3.05, 3.63) is 0 Å². The molecule has 1 aliphatic heterocycles. The van der Waals surface area contributed by atoms with Gasteiger partial charge in [-0.3, -0.25) is 0 Å². The van der Waals surface area contributed by atoms with Gasteiger partial charge in [-0.05, 0) is 18.8 Å². The van der Waals surface area contributed by atoms with E-state index in [-0.39, 0.29) is 6.10 Å². The van der Waals surface area contributed by atoms with Crippen LogP contribution in [0.1, 0.15) is 12.8 Å². The van der Waals surface area contributed by atoms with Gasteiger partial charge in [0.1, 0.15) is 0 Å². The summed E-state index contributed by atoms with van der Waals surface area (Å²) in [7, 11) is 0. The molecule has 0 spiro atoms. The molecule has 2 nitrogen and oxygen atoms in total. The van der Waals surface area contributed by atoms with Crippen LogP contribution in [-0.4, -0.2) is 35.3 Å². The largest absolute Gasteiger partial charge is 0.392 e. The van der Waals surface area contributed by atoms with E-state index in [2.05, 4.69) is 5.32 Å². The molecule has 64 valence electrons. The maximum absolute atomic E-state index is 9.75. The lowest BCUT2D eigenvalue weighted by Gasteiger charge is -2.26. The van der Waals surface area contributed by atoms with Crippen LogP contribution in [0, 0.1) is 5.92 Å². The van der Waals surface area contributed by atoms with Crippen LogP contribution in [0.5, 0.6) is 0 Å². The highest BCUT2D eigenvalue weighted by Crippen LogP contribution is 2.37. The minimum Gasteiger partial charge on any atom is -0.392 e. The van der Waals surface area contributed by atoms with Gasteiger partial charge in [0.2, 0.25) is 0 Å². The Morgan fingerprint density at radius 2 is 2.27 bits per heavy atom. The zero-order valence-electron chi connectivity index (χ0n) is 6.62. The first-order valence-corrected chi connectivity index (χ1v) is 5.43. The number of hydrogen-bond acceptors (Lipinski definition) is 3. The molecule has 0 aromatic heterocycles. The van der Waals surface area contributed by atoms with Gasteiger partial charge in [-0.1, -0.05) is 0 Å². The Morgan fingerprint density at radius 3 is 2.82 bits per heavy atom. The van der Waals surface area contributed by atoms with Gasteiger partial charge in [0.15, 0.2) is 0 Å². The van der Waals surface area contributed by atoms with Crippen molar-refractivity contribution < 1.29 is 5.11 Å². The van der Waals surface area contributed by atoms with Crippen LogP contribution in [-0.2, 0) is 0 Å². The fourth-order valence-corrected chi connectivity index (χ4v) is 2.77. The molecule has 1 saturated carbocycles. The Morgan fingerprint density at radius 1 is 1.45 bits per heavy atom. The van der Waals surface area contributed by atoms with E-state index in [1.807, 2.05) is 11.8 Å². The lowest BCUT2D eigenvalue weighted by atomic mass is 10.1. The van der Waals surface area contributed by atoms with Gasteiger partial charge in [-0.25, -0.2) is 0 Å². The zero-order valence-corrected chi connectivity index (χ0v) is 7.44. The molecule has 0 radical (unpaired) electrons. The minimum absolute atomic E-state index is 0.0344. The van der Waals surface area contributed by atoms with E-state index in [9.17, 15) is 5.11 Å². The molecule has 0 bridgehead atoms. The smallest absolute Gasteiger partial charge is 0.0699 e. The first-order chi connectivity index (χ1) is 5.38. The molecule has 11 heavy (non-hydrogen) atoms. The van der Waals surface area contributed by atoms with Gasteiger partial charge in [0, 0.05) is 24.1 Å². The van der Waals surface area contributed by atoms with Crippen LogP contribution >= 0.6 is 11.8 Å². The van der Waals surface area contributed by atoms with Gasteiger partial charge in [0.25, 0.3) is 0 Å². The highest BCUT2D eigenvalue weighted by Gasteiger charge is 2.35. The maximum Gasteiger partial charge on any atom is 0.0699 e. The van der Waals surface area contributed by atoms with Crippen molar-refractivity contribution in [3.63, 3.8) is 0 Å². The maximum atomic E-state index is 9.75. The van der Waals surface area contributed by atoms with Gasteiger partial charge >= 0.3 is 0 Å². The highest BCUT2D eigenvalue weighted by molar-refractivity contribution is 8.00. The average Bonchev–Trinajstić information content (AvgIpc) is 2.87. The van der Waals surface area contributed by atoms with Crippen molar-refractivity contribution >= 4 is 11.8 Å². The van der Waals surface area contributed by atoms with Crippen LogP contribution in [0.3, 0.4) is 0 Å². The molecule has 2 N–H and O–H groups in total. The summed E-state index contributed by atoms with van der Waals surface area (Å²) in [5.41, 5.74) is 0. The molecule has 0 amide bonds. The van der Waals surface area contributed by atoms with E-state index in [0.717, 1.165) is 18.8 Å². The molecule has 2 fully saturated rings. The van der Waals surface area contributed by atoms with Gasteiger partial charge < -0.3 is 10.4 Å². The second-order valence-corrected chi connectivity index (χ2v) is 4.79. The molecule has 2 atom stereocenters. The molecule has 2 aliphatic rings. The third kappa shape index (κ3) is 1.89. The third-order valence-electron chi connectivity index (χ3n) is 2.44. The van der Waals surface area contributed by atoms with Gasteiger partial charge in [-0.15, -0.1) is 0 Å². The Balaban J connectivity index is 1.81. The Labute approximate surface area is 71.7 Å². The summed E-state index contributed by atoms with van der Waals surface area (Å²) >= 11 is 1.93. The quantitative estimate of drug-likeness (QED) is 0.636. The van der Waals surface area contributed by atoms with Crippen molar-refractivity contribution in [1.29, 1.82) is 0 Å². The summed E-state index contributed by atoms with van der Waals surface area (Å²) in [5, 5.41) is 13.5. The third-order valence-corrected chi connectivity index (χ3v) is 3.76. The van der Waals surface area contributed by atoms with E-state index in [1.165, 1.54) is 12.8 Å². The van der Waals surface area contributed by atoms with Gasteiger partial charge in [0.05, 0.1) is 6.10 Å². The van der Waals surface area contributed by atoms with Crippen molar-refractivity contribution in [3.8, 4) is 0 Å². The Kier molecular flexibility index (Phi) is 2.39. The monoisotopic (exact) mass is 173 g/mol. The molecular formula is C8H15NOS. The predicted octanol–water partition coefficient (Wildman–Crippen LogP) is 0.462. The van der Waals surface area contributed by atoms with E-state index < -0.39 is 0 Å². The molecule has 3 heteroatoms. The van der Waals surface area contributed by atoms with E-state index in [1.54, 1.807) is 0 Å². The summed E-state index contributed by atoms with van der Waals surface area (Å²) < 4.78 is 0. The van der Waals surface area contributed by atoms with Crippen LogP contribution in [0.25, 0.3) is 0 Å². The number of rotatable bonds is 2. The van der Waals surface area contributed by atoms with Crippen LogP contribution in [0.4, 0.5) is 0 Å². The molecule has 1 saturated heterocycles. The van der Waals surface area contributed by atoms with Crippen molar-refractivity contribution in [2.75, 3.05) is 18.8 Å². The van der Waals surface area contributed by atoms with Gasteiger partial charge in [-0.2, -0.15) is 11.8 Å². The number of thioether (sulfide) groups is 1. The van der Waals surface area contributed by atoms with Crippen LogP contribution in [0.2, 0.25) is 0 Å². The number of hydrogen-bond donors (Lipinski definition) is 2. The molecule has 0 aromatic carbocycles. The first kappa shape index (κ1) is 7.90. The summed E-state index contributed by atoms with van der Waals surface area (Å²) in [6, 6.07) is 0. The molecule has 2 unspecified atom stereocenters. The first-order valence-electron chi connectivity index (χ1n) is 4.38. The fraction of sp³-hybridized carbons (Fsp3) is 1.00. The normalized spacial score (nSPS) is 35.2. The summed E-state index contributed by atoms with van der Waals surface area (Å²) in [5.74, 6) is 1.79. The Bertz CT molecular complexity index is 132. The summed E-state index contributed by atoms with van der Waals surface area (Å²) in [6.07, 6.45) is 2.46.